The number of hydrogen-bond donors (Lipinski definition) is 0. The Bertz CT molecular complexity index is 2380. The average molecular weight is 1060 g/mol. The summed E-state index contributed by atoms with van der Waals surface area (Å²) >= 11 is 0. The van der Waals surface area contributed by atoms with Gasteiger partial charge in [0.2, 0.25) is 23.1 Å². The van der Waals surface area contributed by atoms with E-state index in [4.69, 9.17) is 70.7 Å². The van der Waals surface area contributed by atoms with Gasteiger partial charge in [0.25, 0.3) is 8.32 Å². The summed E-state index contributed by atoms with van der Waals surface area (Å²) in [6.07, 6.45) is -3.34. The highest BCUT2D eigenvalue weighted by Crippen LogP contribution is 2.54. The number of rotatable bonds is 19. The molecule has 6 fully saturated rings. The fraction of sp³-hybridized carbons (Fsp3) is 0.593. The van der Waals surface area contributed by atoms with E-state index >= 15 is 0 Å². The van der Waals surface area contributed by atoms with Crippen molar-refractivity contribution in [3.05, 3.63) is 132 Å². The molecule has 0 aromatic heterocycles. The highest BCUT2D eigenvalue weighted by atomic mass is 28.4. The van der Waals surface area contributed by atoms with Crippen LogP contribution in [0.25, 0.3) is 0 Å². The minimum Gasteiger partial charge on any atom is -0.405 e. The Kier molecular flexibility index (Phi) is 16.9. The van der Waals surface area contributed by atoms with Crippen molar-refractivity contribution < 1.29 is 70.7 Å². The molecule has 4 aromatic rings. The predicted molar refractivity (Wildman–Crippen MR) is 279 cm³/mol. The second-order valence-electron chi connectivity index (χ2n) is 21.7. The first-order valence-corrected chi connectivity index (χ1v) is 28.8. The molecule has 16 heteroatoms. The Labute approximate surface area is 444 Å². The maximum atomic E-state index is 7.60. The molecule has 2 saturated carbocycles. The quantitative estimate of drug-likeness (QED) is 0.0840. The van der Waals surface area contributed by atoms with E-state index in [0.717, 1.165) is 47.2 Å². The molecule has 4 heterocycles. The summed E-state index contributed by atoms with van der Waals surface area (Å²) in [5.41, 5.74) is 1.96. The Balaban J connectivity index is 1.04. The molecule has 75 heavy (non-hydrogen) atoms. The molecule has 6 aliphatic rings. The summed E-state index contributed by atoms with van der Waals surface area (Å²) in [7, 11) is 5.09. The van der Waals surface area contributed by atoms with Gasteiger partial charge in [0.15, 0.2) is 12.6 Å². The molecule has 15 nitrogen and oxygen atoms in total. The van der Waals surface area contributed by atoms with E-state index in [1.54, 1.807) is 35.5 Å². The van der Waals surface area contributed by atoms with Gasteiger partial charge in [-0.05, 0) is 52.2 Å². The van der Waals surface area contributed by atoms with Crippen molar-refractivity contribution in [3.8, 4) is 0 Å². The second-order valence-corrected chi connectivity index (χ2v) is 26.0. The van der Waals surface area contributed by atoms with Crippen LogP contribution in [0.15, 0.2) is 121 Å². The van der Waals surface area contributed by atoms with Crippen LogP contribution in [0.1, 0.15) is 83.3 Å². The Morgan fingerprint density at radius 3 is 1.32 bits per heavy atom. The minimum atomic E-state index is -3.09. The van der Waals surface area contributed by atoms with Gasteiger partial charge in [-0.3, -0.25) is 0 Å². The van der Waals surface area contributed by atoms with Gasteiger partial charge in [0, 0.05) is 61.2 Å². The molecule has 14 atom stereocenters. The van der Waals surface area contributed by atoms with Crippen LogP contribution >= 0.6 is 0 Å². The fourth-order valence-electron chi connectivity index (χ4n) is 12.8. The summed E-state index contributed by atoms with van der Waals surface area (Å²) in [4.78, 5) is 0. The zero-order chi connectivity index (χ0) is 52.3. The van der Waals surface area contributed by atoms with Gasteiger partial charge in [0.05, 0.1) is 26.4 Å². The van der Waals surface area contributed by atoms with Crippen LogP contribution in [0.3, 0.4) is 0 Å². The molecule has 2 aliphatic carbocycles. The average Bonchev–Trinajstić information content (AvgIpc) is 3.48. The highest BCUT2D eigenvalue weighted by Gasteiger charge is 2.70. The van der Waals surface area contributed by atoms with Gasteiger partial charge >= 0.3 is 0 Å². The van der Waals surface area contributed by atoms with Gasteiger partial charge in [-0.15, -0.1) is 0 Å². The lowest BCUT2D eigenvalue weighted by Crippen LogP contribution is -2.77. The van der Waals surface area contributed by atoms with Crippen LogP contribution in [0.5, 0.6) is 0 Å². The maximum absolute atomic E-state index is 7.60. The molecule has 0 N–H and O–H groups in total. The fourth-order valence-corrected chi connectivity index (χ4v) is 17.4. The van der Waals surface area contributed by atoms with Crippen LogP contribution in [-0.4, -0.2) is 142 Å². The topological polar surface area (TPSA) is 138 Å². The lowest BCUT2D eigenvalue weighted by molar-refractivity contribution is -0.511. The lowest BCUT2D eigenvalue weighted by Gasteiger charge is -2.62. The molecule has 4 saturated heterocycles. The SMILES string of the molecule is CO[C@H]1O[C@H](CO[Si](c2ccccc2)(c2ccccc2)C(C)(C)C)[C@H]2O[C@@]3(OC)CCCC[C@]3(OC)O[C@@H]2[C@@H]1O[C@H]1O[C@H](COCc2ccccc2)[C@H]2O[C@@]3(OC)CCCC[C@]3(OC)O[C@@H]2[C@@H]1OCc1ccccc1. The van der Waals surface area contributed by atoms with E-state index in [9.17, 15) is 0 Å². The number of ether oxygens (including phenoxy) is 14. The number of benzene rings is 4. The zero-order valence-corrected chi connectivity index (χ0v) is 45.9. The smallest absolute Gasteiger partial charge is 0.261 e. The summed E-state index contributed by atoms with van der Waals surface area (Å²) in [6.45, 7) is 7.56. The van der Waals surface area contributed by atoms with Crippen molar-refractivity contribution in [2.45, 2.75) is 175 Å². The minimum absolute atomic E-state index is 0.121. The molecule has 4 aliphatic heterocycles. The maximum Gasteiger partial charge on any atom is 0.261 e. The highest BCUT2D eigenvalue weighted by molar-refractivity contribution is 6.99. The second kappa shape index (κ2) is 23.1. The molecule has 408 valence electrons. The van der Waals surface area contributed by atoms with Crippen molar-refractivity contribution in [1.29, 1.82) is 0 Å². The summed E-state index contributed by atoms with van der Waals surface area (Å²) in [6, 6.07) is 41.1. The van der Waals surface area contributed by atoms with Crippen molar-refractivity contribution in [3.63, 3.8) is 0 Å². The standard InChI is InChI=1S/C59H78O15Si/c1-55(2,3)75(43-29-17-11-18-30-43,44-31-19-12-20-32-44)67-40-46-48-50(74-59(64-8)36-24-22-34-57(59,62-6)72-48)52(53(60-4)68-46)70-54-51(66-38-42-27-15-10-16-28-42)49-47(45(69-54)39-65-37-41-25-13-9-14-26-41)71-56(61-5)33-21-23-35-58(56,63-7)73-49/h9-20,25-32,45-54H,21-24,33-40H2,1-8H3/t45-,46-,47-,48-,49+,50+,51+,52+,53+,54-,56+,57+,58+,59+/m1/s1. The first-order valence-electron chi connectivity index (χ1n) is 26.9. The zero-order valence-electron chi connectivity index (χ0n) is 44.9. The van der Waals surface area contributed by atoms with Crippen LogP contribution in [0.2, 0.25) is 5.04 Å². The summed E-state index contributed by atoms with van der Waals surface area (Å²) < 4.78 is 104. The number of hydrogen-bond acceptors (Lipinski definition) is 15. The number of methoxy groups -OCH3 is 5. The molecule has 0 radical (unpaired) electrons. The Hall–Kier alpha value is -3.50. The van der Waals surface area contributed by atoms with Crippen molar-refractivity contribution in [2.75, 3.05) is 48.8 Å². The van der Waals surface area contributed by atoms with Gasteiger partial charge in [-0.2, -0.15) is 0 Å². The van der Waals surface area contributed by atoms with E-state index in [-0.39, 0.29) is 24.9 Å². The normalized spacial score (nSPS) is 35.9. The van der Waals surface area contributed by atoms with E-state index in [2.05, 4.69) is 69.3 Å². The molecule has 0 bridgehead atoms. The first kappa shape index (κ1) is 54.8. The van der Waals surface area contributed by atoms with E-state index in [0.29, 0.717) is 32.3 Å². The molecule has 0 unspecified atom stereocenters. The largest absolute Gasteiger partial charge is 0.405 e. The monoisotopic (exact) mass is 1050 g/mol. The molecule has 0 amide bonds. The van der Waals surface area contributed by atoms with E-state index in [1.165, 1.54) is 0 Å². The molecule has 0 spiro atoms. The van der Waals surface area contributed by atoms with Gasteiger partial charge in [-0.25, -0.2) is 0 Å². The first-order chi connectivity index (χ1) is 36.4. The van der Waals surface area contributed by atoms with Crippen LogP contribution in [0.4, 0.5) is 0 Å². The van der Waals surface area contributed by atoms with Crippen molar-refractivity contribution in [2.24, 2.45) is 0 Å². The molecular formula is C59H78O15Si. The third-order valence-electron chi connectivity index (χ3n) is 16.6. The summed E-state index contributed by atoms with van der Waals surface area (Å²) in [5, 5.41) is 1.95. The van der Waals surface area contributed by atoms with Crippen molar-refractivity contribution >= 4 is 18.7 Å². The van der Waals surface area contributed by atoms with Gasteiger partial charge in [0.1, 0.15) is 48.8 Å². The van der Waals surface area contributed by atoms with E-state index < -0.39 is 92.9 Å². The summed E-state index contributed by atoms with van der Waals surface area (Å²) in [5.74, 6) is -5.09. The molecule has 4 aromatic carbocycles. The predicted octanol–water partition coefficient (Wildman–Crippen LogP) is 7.93. The lowest BCUT2D eigenvalue weighted by atomic mass is 9.83. The van der Waals surface area contributed by atoms with Gasteiger partial charge in [-0.1, -0.05) is 142 Å². The van der Waals surface area contributed by atoms with E-state index in [1.807, 2.05) is 72.8 Å². The van der Waals surface area contributed by atoms with Crippen LogP contribution in [0, 0.1) is 0 Å². The Morgan fingerprint density at radius 2 is 0.880 bits per heavy atom. The van der Waals surface area contributed by atoms with Crippen LogP contribution < -0.4 is 10.4 Å². The third-order valence-corrected chi connectivity index (χ3v) is 21.6. The number of fused-ring (bicyclic) bond motifs is 4. The van der Waals surface area contributed by atoms with Crippen molar-refractivity contribution in [1.82, 2.24) is 0 Å². The van der Waals surface area contributed by atoms with Gasteiger partial charge < -0.3 is 70.7 Å². The third kappa shape index (κ3) is 10.2. The molecule has 10 rings (SSSR count). The van der Waals surface area contributed by atoms with Crippen LogP contribution in [-0.2, 0) is 84.0 Å². The Morgan fingerprint density at radius 1 is 0.480 bits per heavy atom. The molecular weight excluding hydrogens is 977 g/mol.